The largest absolute Gasteiger partial charge is 0.379 e. The lowest BCUT2D eigenvalue weighted by Crippen LogP contribution is -2.42. The van der Waals surface area contributed by atoms with Gasteiger partial charge in [0, 0.05) is 11.8 Å². The number of hydrogen-bond donors (Lipinski definition) is 1. The van der Waals surface area contributed by atoms with Crippen LogP contribution in [0, 0.1) is 5.41 Å². The van der Waals surface area contributed by atoms with Crippen LogP contribution < -0.4 is 5.32 Å². The second-order valence-corrected chi connectivity index (χ2v) is 6.03. The van der Waals surface area contributed by atoms with Gasteiger partial charge in [0.25, 0.3) is 0 Å². The summed E-state index contributed by atoms with van der Waals surface area (Å²) in [6.07, 6.45) is 0. The summed E-state index contributed by atoms with van der Waals surface area (Å²) in [7, 11) is 2.05. The minimum atomic E-state index is 0.354. The SMILES string of the molecule is CNC(CSC1COC1)C(C)(C)C. The molecule has 0 bridgehead atoms. The Bertz CT molecular complexity index is 151. The number of rotatable bonds is 4. The standard InChI is InChI=1S/C10H21NOS/c1-10(2,3)9(11-4)7-13-8-5-12-6-8/h8-9,11H,5-7H2,1-4H3. The Morgan fingerprint density at radius 3 is 2.38 bits per heavy atom. The zero-order chi connectivity index (χ0) is 9.90. The van der Waals surface area contributed by atoms with E-state index in [-0.39, 0.29) is 0 Å². The Labute approximate surface area is 85.8 Å². The van der Waals surface area contributed by atoms with E-state index in [0.29, 0.717) is 11.5 Å². The Kier molecular flexibility index (Phi) is 4.07. The van der Waals surface area contributed by atoms with Gasteiger partial charge in [-0.05, 0) is 12.5 Å². The molecule has 13 heavy (non-hydrogen) atoms. The molecule has 1 saturated heterocycles. The zero-order valence-electron chi connectivity index (χ0n) is 9.09. The molecular formula is C10H21NOS. The first-order chi connectivity index (χ1) is 6.04. The van der Waals surface area contributed by atoms with Crippen molar-refractivity contribution in [2.45, 2.75) is 32.1 Å². The van der Waals surface area contributed by atoms with E-state index < -0.39 is 0 Å². The molecule has 1 aliphatic heterocycles. The van der Waals surface area contributed by atoms with Gasteiger partial charge in [0.05, 0.1) is 18.5 Å². The molecule has 3 heteroatoms. The van der Waals surface area contributed by atoms with Crippen molar-refractivity contribution in [3.8, 4) is 0 Å². The van der Waals surface area contributed by atoms with E-state index >= 15 is 0 Å². The van der Waals surface area contributed by atoms with Gasteiger partial charge in [0.2, 0.25) is 0 Å². The van der Waals surface area contributed by atoms with Crippen LogP contribution in [0.25, 0.3) is 0 Å². The maximum Gasteiger partial charge on any atom is 0.0607 e. The van der Waals surface area contributed by atoms with E-state index in [2.05, 4.69) is 26.1 Å². The van der Waals surface area contributed by atoms with Crippen molar-refractivity contribution in [1.29, 1.82) is 0 Å². The molecule has 0 aliphatic carbocycles. The van der Waals surface area contributed by atoms with Gasteiger partial charge in [-0.2, -0.15) is 11.8 Å². The molecule has 1 aliphatic rings. The van der Waals surface area contributed by atoms with Gasteiger partial charge in [0.15, 0.2) is 0 Å². The molecule has 0 saturated carbocycles. The van der Waals surface area contributed by atoms with Crippen molar-refractivity contribution in [3.63, 3.8) is 0 Å². The van der Waals surface area contributed by atoms with Gasteiger partial charge in [-0.1, -0.05) is 20.8 Å². The zero-order valence-corrected chi connectivity index (χ0v) is 9.91. The molecule has 1 unspecified atom stereocenters. The van der Waals surface area contributed by atoms with Crippen molar-refractivity contribution < 1.29 is 4.74 Å². The van der Waals surface area contributed by atoms with Gasteiger partial charge in [-0.3, -0.25) is 0 Å². The molecule has 0 spiro atoms. The highest BCUT2D eigenvalue weighted by Gasteiger charge is 2.26. The summed E-state index contributed by atoms with van der Waals surface area (Å²) in [5, 5.41) is 4.13. The molecule has 1 heterocycles. The third-order valence-corrected chi connectivity index (χ3v) is 3.77. The lowest BCUT2D eigenvalue weighted by Gasteiger charge is -2.33. The summed E-state index contributed by atoms with van der Waals surface area (Å²) < 4.78 is 5.15. The molecule has 1 atom stereocenters. The van der Waals surface area contributed by atoms with Gasteiger partial charge in [0.1, 0.15) is 0 Å². The summed E-state index contributed by atoms with van der Waals surface area (Å²) in [6.45, 7) is 8.75. The summed E-state index contributed by atoms with van der Waals surface area (Å²) >= 11 is 2.04. The van der Waals surface area contributed by atoms with Crippen molar-refractivity contribution >= 4 is 11.8 Å². The monoisotopic (exact) mass is 203 g/mol. The Balaban J connectivity index is 2.22. The molecule has 0 radical (unpaired) electrons. The summed E-state index contributed by atoms with van der Waals surface area (Å²) in [5.74, 6) is 1.19. The van der Waals surface area contributed by atoms with Crippen LogP contribution in [-0.4, -0.2) is 37.3 Å². The fourth-order valence-electron chi connectivity index (χ4n) is 1.31. The number of nitrogens with one attached hydrogen (secondary N) is 1. The average molecular weight is 203 g/mol. The smallest absolute Gasteiger partial charge is 0.0607 e. The maximum absolute atomic E-state index is 5.15. The van der Waals surface area contributed by atoms with E-state index in [1.165, 1.54) is 5.75 Å². The molecular weight excluding hydrogens is 182 g/mol. The van der Waals surface area contributed by atoms with Crippen molar-refractivity contribution in [2.75, 3.05) is 26.0 Å². The Hall–Kier alpha value is 0.270. The Morgan fingerprint density at radius 1 is 1.46 bits per heavy atom. The first-order valence-corrected chi connectivity index (χ1v) is 5.95. The molecule has 2 nitrogen and oxygen atoms in total. The minimum absolute atomic E-state index is 0.354. The Morgan fingerprint density at radius 2 is 2.08 bits per heavy atom. The van der Waals surface area contributed by atoms with E-state index in [1.54, 1.807) is 0 Å². The average Bonchev–Trinajstić information content (AvgIpc) is 1.91. The van der Waals surface area contributed by atoms with E-state index in [1.807, 2.05) is 18.8 Å². The molecule has 0 amide bonds. The quantitative estimate of drug-likeness (QED) is 0.752. The maximum atomic E-state index is 5.15. The minimum Gasteiger partial charge on any atom is -0.379 e. The number of hydrogen-bond acceptors (Lipinski definition) is 3. The highest BCUT2D eigenvalue weighted by Crippen LogP contribution is 2.26. The predicted molar refractivity (Wildman–Crippen MR) is 59.4 cm³/mol. The van der Waals surface area contributed by atoms with Gasteiger partial charge >= 0.3 is 0 Å². The second-order valence-electron chi connectivity index (χ2n) is 4.70. The van der Waals surface area contributed by atoms with Gasteiger partial charge in [-0.25, -0.2) is 0 Å². The van der Waals surface area contributed by atoms with Crippen molar-refractivity contribution in [1.82, 2.24) is 5.32 Å². The topological polar surface area (TPSA) is 21.3 Å². The summed E-state index contributed by atoms with van der Waals surface area (Å²) in [4.78, 5) is 0. The molecule has 0 aromatic carbocycles. The fraction of sp³-hybridized carbons (Fsp3) is 1.00. The predicted octanol–water partition coefficient (Wildman–Crippen LogP) is 1.75. The number of ether oxygens (including phenoxy) is 1. The van der Waals surface area contributed by atoms with Crippen LogP contribution in [0.3, 0.4) is 0 Å². The van der Waals surface area contributed by atoms with Crippen LogP contribution >= 0.6 is 11.8 Å². The third kappa shape index (κ3) is 3.49. The lowest BCUT2D eigenvalue weighted by molar-refractivity contribution is 0.0454. The molecule has 0 aromatic heterocycles. The third-order valence-electron chi connectivity index (χ3n) is 2.50. The second kappa shape index (κ2) is 4.67. The number of thioether (sulfide) groups is 1. The van der Waals surface area contributed by atoms with Crippen LogP contribution in [0.5, 0.6) is 0 Å². The van der Waals surface area contributed by atoms with Crippen LogP contribution in [0.4, 0.5) is 0 Å². The lowest BCUT2D eigenvalue weighted by atomic mass is 9.88. The van der Waals surface area contributed by atoms with Crippen molar-refractivity contribution in [2.24, 2.45) is 5.41 Å². The van der Waals surface area contributed by atoms with E-state index in [4.69, 9.17) is 4.74 Å². The van der Waals surface area contributed by atoms with E-state index in [9.17, 15) is 0 Å². The normalized spacial score (nSPS) is 21.2. The molecule has 78 valence electrons. The molecule has 1 fully saturated rings. The van der Waals surface area contributed by atoms with E-state index in [0.717, 1.165) is 18.5 Å². The van der Waals surface area contributed by atoms with Crippen LogP contribution in [0.15, 0.2) is 0 Å². The fourth-order valence-corrected chi connectivity index (χ4v) is 2.83. The summed E-state index contributed by atoms with van der Waals surface area (Å²) in [6, 6.07) is 0.595. The van der Waals surface area contributed by atoms with Crippen LogP contribution in [0.2, 0.25) is 0 Å². The van der Waals surface area contributed by atoms with Crippen LogP contribution in [-0.2, 0) is 4.74 Å². The highest BCUT2D eigenvalue weighted by molar-refractivity contribution is 8.00. The molecule has 0 aromatic rings. The van der Waals surface area contributed by atoms with Crippen LogP contribution in [0.1, 0.15) is 20.8 Å². The first-order valence-electron chi connectivity index (χ1n) is 4.90. The molecule has 1 N–H and O–H groups in total. The van der Waals surface area contributed by atoms with Gasteiger partial charge < -0.3 is 10.1 Å². The van der Waals surface area contributed by atoms with Crippen molar-refractivity contribution in [3.05, 3.63) is 0 Å². The first kappa shape index (κ1) is 11.3. The molecule has 1 rings (SSSR count). The highest BCUT2D eigenvalue weighted by atomic mass is 32.2. The van der Waals surface area contributed by atoms with Gasteiger partial charge in [-0.15, -0.1) is 0 Å². The summed E-state index contributed by atoms with van der Waals surface area (Å²) in [5.41, 5.74) is 0.354.